The average molecular weight is 841 g/mol. The highest BCUT2D eigenvalue weighted by molar-refractivity contribution is 6.09. The fraction of sp³-hybridized carbons (Fsp3) is 0.0159. The summed E-state index contributed by atoms with van der Waals surface area (Å²) >= 11 is 0. The summed E-state index contributed by atoms with van der Waals surface area (Å²) in [7, 11) is 0. The van der Waals surface area contributed by atoms with Gasteiger partial charge in [0, 0.05) is 55.4 Å². The van der Waals surface area contributed by atoms with Gasteiger partial charge in [0.15, 0.2) is 0 Å². The summed E-state index contributed by atoms with van der Waals surface area (Å²) in [6.07, 6.45) is 0. The molecule has 14 rings (SSSR count). The predicted molar refractivity (Wildman–Crippen MR) is 273 cm³/mol. The van der Waals surface area contributed by atoms with Crippen LogP contribution in [0.3, 0.4) is 0 Å². The van der Waals surface area contributed by atoms with E-state index in [9.17, 15) is 0 Å². The second-order valence-corrected chi connectivity index (χ2v) is 17.6. The van der Waals surface area contributed by atoms with Gasteiger partial charge in [-0.15, -0.1) is 0 Å². The van der Waals surface area contributed by atoms with Crippen molar-refractivity contribution in [3.05, 3.63) is 265 Å². The van der Waals surface area contributed by atoms with Gasteiger partial charge in [-0.3, -0.25) is 0 Å². The molecule has 0 atom stereocenters. The molecule has 308 valence electrons. The van der Waals surface area contributed by atoms with E-state index < -0.39 is 5.41 Å². The molecule has 1 aliphatic heterocycles. The minimum absolute atomic E-state index is 0.603. The summed E-state index contributed by atoms with van der Waals surface area (Å²) in [4.78, 5) is 2.35. The Hall–Kier alpha value is -8.66. The highest BCUT2D eigenvalue weighted by Crippen LogP contribution is 2.65. The van der Waals surface area contributed by atoms with Crippen molar-refractivity contribution in [1.82, 2.24) is 4.57 Å². The number of nitrogens with zero attached hydrogens (tertiary/aromatic N) is 2. The maximum atomic E-state index is 7.20. The quantitative estimate of drug-likeness (QED) is 0.172. The Morgan fingerprint density at radius 1 is 0.333 bits per heavy atom. The molecule has 12 aromatic rings. The van der Waals surface area contributed by atoms with Gasteiger partial charge in [0.1, 0.15) is 11.5 Å². The van der Waals surface area contributed by atoms with Crippen molar-refractivity contribution in [3.8, 4) is 39.4 Å². The number of para-hydroxylation sites is 3. The minimum Gasteiger partial charge on any atom is -0.455 e. The van der Waals surface area contributed by atoms with Crippen LogP contribution in [-0.4, -0.2) is 4.57 Å². The van der Waals surface area contributed by atoms with Gasteiger partial charge in [0.25, 0.3) is 0 Å². The van der Waals surface area contributed by atoms with Gasteiger partial charge in [-0.1, -0.05) is 182 Å². The predicted octanol–water partition coefficient (Wildman–Crippen LogP) is 16.7. The SMILES string of the molecule is c1ccc(N(c2ccc(-c3cccc4c3-c3ccccc3C43c4ccc5ccccc5c4Oc4c3ccc3ccccc43)cc2)c2ccc(-n3c4ccccc4c4ccccc43)cc2)cc1. The largest absolute Gasteiger partial charge is 0.455 e. The highest BCUT2D eigenvalue weighted by atomic mass is 16.5. The second kappa shape index (κ2) is 14.2. The zero-order valence-electron chi connectivity index (χ0n) is 35.9. The van der Waals surface area contributed by atoms with Crippen LogP contribution in [0.4, 0.5) is 17.1 Å². The van der Waals surface area contributed by atoms with Crippen molar-refractivity contribution in [1.29, 1.82) is 0 Å². The lowest BCUT2D eigenvalue weighted by molar-refractivity contribution is 0.447. The third kappa shape index (κ3) is 5.14. The third-order valence-electron chi connectivity index (χ3n) is 14.2. The van der Waals surface area contributed by atoms with Gasteiger partial charge in [-0.25, -0.2) is 0 Å². The van der Waals surface area contributed by atoms with E-state index in [4.69, 9.17) is 4.74 Å². The Balaban J connectivity index is 0.922. The Morgan fingerprint density at radius 3 is 1.45 bits per heavy atom. The zero-order chi connectivity index (χ0) is 43.3. The summed E-state index contributed by atoms with van der Waals surface area (Å²) < 4.78 is 9.57. The lowest BCUT2D eigenvalue weighted by Gasteiger charge is -2.40. The molecule has 66 heavy (non-hydrogen) atoms. The van der Waals surface area contributed by atoms with Gasteiger partial charge in [-0.05, 0) is 105 Å². The van der Waals surface area contributed by atoms with Crippen molar-refractivity contribution < 1.29 is 4.74 Å². The Bertz CT molecular complexity index is 3760. The van der Waals surface area contributed by atoms with Crippen LogP contribution in [0.5, 0.6) is 11.5 Å². The van der Waals surface area contributed by atoms with Crippen LogP contribution in [0.1, 0.15) is 22.3 Å². The normalized spacial score (nSPS) is 13.1. The fourth-order valence-electron chi connectivity index (χ4n) is 11.5. The van der Waals surface area contributed by atoms with E-state index in [0.717, 1.165) is 45.0 Å². The average Bonchev–Trinajstić information content (AvgIpc) is 3.88. The number of hydrogen-bond acceptors (Lipinski definition) is 2. The number of rotatable bonds is 5. The van der Waals surface area contributed by atoms with Gasteiger partial charge in [0.2, 0.25) is 0 Å². The maximum absolute atomic E-state index is 7.20. The standard InChI is InChI=1S/C63H40N2O/c1-2-17-44(18-3-1)64(46-35-37-47(38-36-46)65-58-27-12-9-21-51(58)52-22-10-13-28-59(52)65)45-33-29-43(30-34-45)48-24-14-26-55-60(48)53-23-8-11-25-54(53)63(55)56-39-31-41-15-4-6-19-49(41)61(56)66-62-50-20-7-5-16-42(50)32-40-57(62)63/h1-40H. The number of hydrogen-bond donors (Lipinski definition) is 0. The van der Waals surface area contributed by atoms with Crippen LogP contribution >= 0.6 is 0 Å². The Kier molecular flexibility index (Phi) is 7.90. The van der Waals surface area contributed by atoms with E-state index in [1.54, 1.807) is 0 Å². The van der Waals surface area contributed by atoms with Gasteiger partial charge in [-0.2, -0.15) is 0 Å². The van der Waals surface area contributed by atoms with E-state index in [1.165, 1.54) is 77.1 Å². The first-order chi connectivity index (χ1) is 32.8. The first-order valence-electron chi connectivity index (χ1n) is 22.8. The maximum Gasteiger partial charge on any atom is 0.140 e. The van der Waals surface area contributed by atoms with E-state index in [0.29, 0.717) is 0 Å². The molecule has 3 nitrogen and oxygen atoms in total. The van der Waals surface area contributed by atoms with E-state index >= 15 is 0 Å². The van der Waals surface area contributed by atoms with Crippen LogP contribution in [0.15, 0.2) is 243 Å². The summed E-state index contributed by atoms with van der Waals surface area (Å²) in [5.74, 6) is 1.86. The number of aromatic nitrogens is 1. The van der Waals surface area contributed by atoms with E-state index in [2.05, 4.69) is 252 Å². The van der Waals surface area contributed by atoms with Crippen LogP contribution in [-0.2, 0) is 5.41 Å². The minimum atomic E-state index is -0.603. The molecule has 3 heteroatoms. The molecule has 0 radical (unpaired) electrons. The first-order valence-corrected chi connectivity index (χ1v) is 22.8. The zero-order valence-corrected chi connectivity index (χ0v) is 35.9. The second-order valence-electron chi connectivity index (χ2n) is 17.6. The van der Waals surface area contributed by atoms with E-state index in [1.807, 2.05) is 0 Å². The molecule has 2 aliphatic rings. The summed E-state index contributed by atoms with van der Waals surface area (Å²) in [5.41, 5.74) is 16.0. The summed E-state index contributed by atoms with van der Waals surface area (Å²) in [6, 6.07) is 88.5. The molecule has 0 fully saturated rings. The van der Waals surface area contributed by atoms with Crippen LogP contribution < -0.4 is 9.64 Å². The van der Waals surface area contributed by atoms with Crippen molar-refractivity contribution in [2.45, 2.75) is 5.41 Å². The number of fused-ring (bicyclic) bond motifs is 16. The highest BCUT2D eigenvalue weighted by Gasteiger charge is 2.52. The van der Waals surface area contributed by atoms with Crippen molar-refractivity contribution in [3.63, 3.8) is 0 Å². The van der Waals surface area contributed by atoms with Crippen LogP contribution in [0, 0.1) is 0 Å². The molecule has 0 amide bonds. The summed E-state index contributed by atoms with van der Waals surface area (Å²) in [6.45, 7) is 0. The molecule has 11 aromatic carbocycles. The first kappa shape index (κ1) is 36.8. The molecule has 1 aliphatic carbocycles. The monoisotopic (exact) mass is 840 g/mol. The van der Waals surface area contributed by atoms with E-state index in [-0.39, 0.29) is 0 Å². The third-order valence-corrected chi connectivity index (χ3v) is 14.2. The van der Waals surface area contributed by atoms with Gasteiger partial charge < -0.3 is 14.2 Å². The smallest absolute Gasteiger partial charge is 0.140 e. The molecular formula is C63H40N2O. The van der Waals surface area contributed by atoms with Crippen LogP contribution in [0.25, 0.3) is 71.3 Å². The molecule has 1 aromatic heterocycles. The lowest BCUT2D eigenvalue weighted by Crippen LogP contribution is -2.32. The molecule has 1 spiro atoms. The number of anilines is 3. The molecule has 2 heterocycles. The molecular weight excluding hydrogens is 801 g/mol. The molecule has 0 bridgehead atoms. The number of benzene rings is 11. The summed E-state index contributed by atoms with van der Waals surface area (Å²) in [5, 5.41) is 7.09. The number of ether oxygens (including phenoxy) is 1. The van der Waals surface area contributed by atoms with Gasteiger partial charge >= 0.3 is 0 Å². The van der Waals surface area contributed by atoms with Crippen molar-refractivity contribution >= 4 is 60.4 Å². The van der Waals surface area contributed by atoms with Crippen LogP contribution in [0.2, 0.25) is 0 Å². The van der Waals surface area contributed by atoms with Gasteiger partial charge in [0.05, 0.1) is 16.4 Å². The Morgan fingerprint density at radius 2 is 0.818 bits per heavy atom. The topological polar surface area (TPSA) is 17.4 Å². The molecule has 0 N–H and O–H groups in total. The fourth-order valence-corrected chi connectivity index (χ4v) is 11.5. The lowest BCUT2D eigenvalue weighted by atomic mass is 9.65. The molecule has 0 saturated heterocycles. The van der Waals surface area contributed by atoms with Crippen molar-refractivity contribution in [2.24, 2.45) is 0 Å². The Labute approximate surface area is 382 Å². The molecule has 0 saturated carbocycles. The van der Waals surface area contributed by atoms with Crippen molar-refractivity contribution in [2.75, 3.05) is 4.90 Å². The molecule has 0 unspecified atom stereocenters.